The van der Waals surface area contributed by atoms with Crippen molar-refractivity contribution in [3.8, 4) is 0 Å². The molecule has 1 amide bonds. The van der Waals surface area contributed by atoms with Crippen LogP contribution in [0.2, 0.25) is 0 Å². The Hall–Kier alpha value is -0.610. The van der Waals surface area contributed by atoms with Crippen molar-refractivity contribution in [3.05, 3.63) is 0 Å². The van der Waals surface area contributed by atoms with Crippen LogP contribution in [0.3, 0.4) is 0 Å². The number of hydrogen-bond donors (Lipinski definition) is 1. The molecule has 4 nitrogen and oxygen atoms in total. The first-order chi connectivity index (χ1) is 9.09. The molecule has 2 aliphatic rings. The quantitative estimate of drug-likeness (QED) is 0.845. The zero-order chi connectivity index (χ0) is 13.8. The number of ether oxygens (including phenoxy) is 1. The second-order valence-electron chi connectivity index (χ2n) is 6.20. The molecule has 0 aromatic rings. The van der Waals surface area contributed by atoms with Gasteiger partial charge in [0, 0.05) is 25.2 Å². The third-order valence-electron chi connectivity index (χ3n) is 4.43. The number of amides is 1. The largest absolute Gasteiger partial charge is 0.378 e. The van der Waals surface area contributed by atoms with E-state index in [0.717, 1.165) is 26.1 Å². The molecule has 0 aromatic carbocycles. The van der Waals surface area contributed by atoms with Crippen LogP contribution in [0.1, 0.15) is 46.5 Å². The molecule has 0 radical (unpaired) electrons. The Bertz CT molecular complexity index is 301. The second-order valence-corrected chi connectivity index (χ2v) is 6.20. The molecule has 2 saturated heterocycles. The molecule has 3 unspecified atom stereocenters. The SMILES string of the molecule is CC1OCCC1C(=O)N(CC1CCCCN1)C(C)C. The van der Waals surface area contributed by atoms with Crippen LogP contribution in [0.15, 0.2) is 0 Å². The molecule has 0 aromatic heterocycles. The average Bonchev–Trinajstić information content (AvgIpc) is 2.82. The van der Waals surface area contributed by atoms with Crippen molar-refractivity contribution in [2.75, 3.05) is 19.7 Å². The van der Waals surface area contributed by atoms with E-state index in [-0.39, 0.29) is 24.0 Å². The van der Waals surface area contributed by atoms with E-state index >= 15 is 0 Å². The van der Waals surface area contributed by atoms with Crippen molar-refractivity contribution >= 4 is 5.91 Å². The minimum Gasteiger partial charge on any atom is -0.378 e. The molecule has 0 spiro atoms. The minimum atomic E-state index is 0.0611. The standard InChI is InChI=1S/C15H28N2O2/c1-11(2)17(10-13-6-4-5-8-16-13)15(18)14-7-9-19-12(14)3/h11-14,16H,4-10H2,1-3H3. The zero-order valence-electron chi connectivity index (χ0n) is 12.5. The van der Waals surface area contributed by atoms with Crippen molar-refractivity contribution < 1.29 is 9.53 Å². The van der Waals surface area contributed by atoms with Crippen LogP contribution in [0.25, 0.3) is 0 Å². The molecule has 4 heteroatoms. The van der Waals surface area contributed by atoms with Crippen LogP contribution >= 0.6 is 0 Å². The van der Waals surface area contributed by atoms with Crippen LogP contribution in [0.5, 0.6) is 0 Å². The summed E-state index contributed by atoms with van der Waals surface area (Å²) in [5, 5.41) is 3.54. The Labute approximate surface area is 116 Å². The molecule has 110 valence electrons. The van der Waals surface area contributed by atoms with E-state index in [1.54, 1.807) is 0 Å². The van der Waals surface area contributed by atoms with Gasteiger partial charge in [0.25, 0.3) is 0 Å². The highest BCUT2D eigenvalue weighted by molar-refractivity contribution is 5.80. The summed E-state index contributed by atoms with van der Waals surface area (Å²) < 4.78 is 5.54. The summed E-state index contributed by atoms with van der Waals surface area (Å²) in [5.74, 6) is 0.346. The van der Waals surface area contributed by atoms with Crippen LogP contribution in [-0.4, -0.2) is 48.7 Å². The molecule has 2 fully saturated rings. The highest BCUT2D eigenvalue weighted by Crippen LogP contribution is 2.24. The fraction of sp³-hybridized carbons (Fsp3) is 0.933. The van der Waals surface area contributed by atoms with E-state index in [0.29, 0.717) is 6.04 Å². The van der Waals surface area contributed by atoms with Crippen molar-refractivity contribution in [1.29, 1.82) is 0 Å². The zero-order valence-corrected chi connectivity index (χ0v) is 12.5. The molecule has 1 N–H and O–H groups in total. The molecular formula is C15H28N2O2. The van der Waals surface area contributed by atoms with Gasteiger partial charge >= 0.3 is 0 Å². The lowest BCUT2D eigenvalue weighted by molar-refractivity contribution is -0.139. The molecule has 2 aliphatic heterocycles. The number of nitrogens with zero attached hydrogens (tertiary/aromatic N) is 1. The second kappa shape index (κ2) is 6.71. The first-order valence-electron chi connectivity index (χ1n) is 7.75. The third kappa shape index (κ3) is 3.69. The first kappa shape index (κ1) is 14.8. The van der Waals surface area contributed by atoms with Crippen molar-refractivity contribution in [3.63, 3.8) is 0 Å². The summed E-state index contributed by atoms with van der Waals surface area (Å²) >= 11 is 0. The molecule has 0 bridgehead atoms. The predicted molar refractivity (Wildman–Crippen MR) is 76.0 cm³/mol. The van der Waals surface area contributed by atoms with Gasteiger partial charge in [0.2, 0.25) is 5.91 Å². The summed E-state index contributed by atoms with van der Waals surface area (Å²) in [6.45, 7) is 8.91. The fourth-order valence-electron chi connectivity index (χ4n) is 3.14. The van der Waals surface area contributed by atoms with Crippen molar-refractivity contribution in [2.24, 2.45) is 5.92 Å². The highest BCUT2D eigenvalue weighted by atomic mass is 16.5. The normalized spacial score (nSPS) is 31.7. The van der Waals surface area contributed by atoms with E-state index in [1.807, 2.05) is 6.92 Å². The summed E-state index contributed by atoms with van der Waals surface area (Å²) in [6, 6.07) is 0.738. The summed E-state index contributed by atoms with van der Waals surface area (Å²) in [5.41, 5.74) is 0. The van der Waals surface area contributed by atoms with E-state index < -0.39 is 0 Å². The van der Waals surface area contributed by atoms with Gasteiger partial charge in [-0.1, -0.05) is 6.42 Å². The molecule has 19 heavy (non-hydrogen) atoms. The van der Waals surface area contributed by atoms with Crippen LogP contribution in [-0.2, 0) is 9.53 Å². The molecule has 0 saturated carbocycles. The minimum absolute atomic E-state index is 0.0611. The van der Waals surface area contributed by atoms with Crippen LogP contribution in [0, 0.1) is 5.92 Å². The van der Waals surface area contributed by atoms with Crippen LogP contribution in [0.4, 0.5) is 0 Å². The number of rotatable bonds is 4. The third-order valence-corrected chi connectivity index (χ3v) is 4.43. The molecule has 0 aliphatic carbocycles. The summed E-state index contributed by atoms with van der Waals surface area (Å²) in [4.78, 5) is 14.7. The fourth-order valence-corrected chi connectivity index (χ4v) is 3.14. The number of nitrogens with one attached hydrogen (secondary N) is 1. The van der Waals surface area contributed by atoms with E-state index in [2.05, 4.69) is 24.1 Å². The van der Waals surface area contributed by atoms with Gasteiger partial charge in [-0.3, -0.25) is 4.79 Å². The average molecular weight is 268 g/mol. The Morgan fingerprint density at radius 2 is 2.16 bits per heavy atom. The number of carbonyl (C=O) groups excluding carboxylic acids is 1. The number of carbonyl (C=O) groups is 1. The van der Waals surface area contributed by atoms with Gasteiger partial charge in [0.15, 0.2) is 0 Å². The number of piperidine rings is 1. The van der Waals surface area contributed by atoms with Gasteiger partial charge in [-0.25, -0.2) is 0 Å². The Balaban J connectivity index is 1.96. The lowest BCUT2D eigenvalue weighted by Crippen LogP contribution is -2.50. The maximum Gasteiger partial charge on any atom is 0.228 e. The topological polar surface area (TPSA) is 41.6 Å². The molecule has 2 rings (SSSR count). The van der Waals surface area contributed by atoms with Gasteiger partial charge < -0.3 is 15.0 Å². The lowest BCUT2D eigenvalue weighted by atomic mass is 9.98. The van der Waals surface area contributed by atoms with E-state index in [4.69, 9.17) is 4.74 Å². The van der Waals surface area contributed by atoms with Gasteiger partial charge in [0.05, 0.1) is 12.0 Å². The van der Waals surface area contributed by atoms with Crippen molar-refractivity contribution in [1.82, 2.24) is 10.2 Å². The molecule has 2 heterocycles. The molecular weight excluding hydrogens is 240 g/mol. The van der Waals surface area contributed by atoms with E-state index in [1.165, 1.54) is 19.3 Å². The van der Waals surface area contributed by atoms with E-state index in [9.17, 15) is 4.79 Å². The van der Waals surface area contributed by atoms with Crippen molar-refractivity contribution in [2.45, 2.75) is 64.6 Å². The lowest BCUT2D eigenvalue weighted by Gasteiger charge is -2.35. The Morgan fingerprint density at radius 3 is 2.68 bits per heavy atom. The molecule has 3 atom stereocenters. The van der Waals surface area contributed by atoms with Gasteiger partial charge in [0.1, 0.15) is 0 Å². The predicted octanol–water partition coefficient (Wildman–Crippen LogP) is 1.79. The maximum absolute atomic E-state index is 12.7. The van der Waals surface area contributed by atoms with Crippen LogP contribution < -0.4 is 5.32 Å². The summed E-state index contributed by atoms with van der Waals surface area (Å²) in [6.07, 6.45) is 4.68. The van der Waals surface area contributed by atoms with Gasteiger partial charge in [-0.05, 0) is 46.6 Å². The maximum atomic E-state index is 12.7. The number of hydrogen-bond acceptors (Lipinski definition) is 3. The van der Waals surface area contributed by atoms with Gasteiger partial charge in [-0.2, -0.15) is 0 Å². The Morgan fingerprint density at radius 1 is 1.37 bits per heavy atom. The van der Waals surface area contributed by atoms with Gasteiger partial charge in [-0.15, -0.1) is 0 Å². The summed E-state index contributed by atoms with van der Waals surface area (Å²) in [7, 11) is 0. The first-order valence-corrected chi connectivity index (χ1v) is 7.75. The smallest absolute Gasteiger partial charge is 0.228 e. The Kier molecular flexibility index (Phi) is 5.22. The highest BCUT2D eigenvalue weighted by Gasteiger charge is 2.35. The monoisotopic (exact) mass is 268 g/mol.